The summed E-state index contributed by atoms with van der Waals surface area (Å²) in [5.41, 5.74) is 2.31. The number of hydrogen-bond donors (Lipinski definition) is 1. The highest BCUT2D eigenvalue weighted by Gasteiger charge is 2.26. The molecule has 0 aliphatic carbocycles. The van der Waals surface area contributed by atoms with E-state index in [9.17, 15) is 9.59 Å². The number of carbonyl (C=O) groups is 2. The second-order valence-electron chi connectivity index (χ2n) is 7.64. The highest BCUT2D eigenvalue weighted by Crippen LogP contribution is 2.25. The smallest absolute Gasteiger partial charge is 0.255 e. The molecule has 0 spiro atoms. The maximum absolute atomic E-state index is 13.0. The van der Waals surface area contributed by atoms with Crippen LogP contribution in [0.2, 0.25) is 10.3 Å². The van der Waals surface area contributed by atoms with Crippen molar-refractivity contribution in [3.63, 3.8) is 0 Å². The zero-order valence-electron chi connectivity index (χ0n) is 16.1. The zero-order valence-corrected chi connectivity index (χ0v) is 17.6. The number of aromatic nitrogens is 1. The second-order valence-corrected chi connectivity index (χ2v) is 8.42. The normalized spacial score (nSPS) is 19.4. The monoisotopic (exact) mass is 419 g/mol. The molecule has 1 fully saturated rings. The van der Waals surface area contributed by atoms with Gasteiger partial charge in [-0.1, -0.05) is 43.1 Å². The van der Waals surface area contributed by atoms with E-state index >= 15 is 0 Å². The van der Waals surface area contributed by atoms with Crippen molar-refractivity contribution in [2.24, 2.45) is 11.8 Å². The number of anilines is 1. The van der Waals surface area contributed by atoms with E-state index in [4.69, 9.17) is 23.2 Å². The lowest BCUT2D eigenvalue weighted by Crippen LogP contribution is -2.42. The largest absolute Gasteiger partial charge is 0.338 e. The Morgan fingerprint density at radius 1 is 1.04 bits per heavy atom. The lowest BCUT2D eigenvalue weighted by atomic mass is 9.91. The van der Waals surface area contributed by atoms with Crippen LogP contribution in [0.1, 0.15) is 46.5 Å². The summed E-state index contributed by atoms with van der Waals surface area (Å²) < 4.78 is 0. The fourth-order valence-corrected chi connectivity index (χ4v) is 4.15. The number of benzene rings is 1. The van der Waals surface area contributed by atoms with E-state index in [0.717, 1.165) is 25.1 Å². The molecular formula is C21H23Cl2N3O2. The summed E-state index contributed by atoms with van der Waals surface area (Å²) >= 11 is 11.8. The third-order valence-electron chi connectivity index (χ3n) is 4.91. The van der Waals surface area contributed by atoms with Crippen LogP contribution in [-0.4, -0.2) is 34.8 Å². The minimum Gasteiger partial charge on any atom is -0.338 e. The number of carbonyl (C=O) groups excluding carboxylic acids is 2. The minimum atomic E-state index is -0.362. The van der Waals surface area contributed by atoms with Crippen LogP contribution in [-0.2, 0) is 0 Å². The van der Waals surface area contributed by atoms with Crippen molar-refractivity contribution in [3.05, 3.63) is 57.3 Å². The van der Waals surface area contributed by atoms with Gasteiger partial charge in [0, 0.05) is 29.9 Å². The molecule has 1 aromatic heterocycles. The molecule has 0 radical (unpaired) electrons. The van der Waals surface area contributed by atoms with E-state index in [0.29, 0.717) is 28.7 Å². The van der Waals surface area contributed by atoms with Gasteiger partial charge in [-0.2, -0.15) is 0 Å². The van der Waals surface area contributed by atoms with Gasteiger partial charge in [0.2, 0.25) is 0 Å². The van der Waals surface area contributed by atoms with Gasteiger partial charge in [0.15, 0.2) is 0 Å². The van der Waals surface area contributed by atoms with E-state index in [-0.39, 0.29) is 22.1 Å². The molecule has 1 aromatic carbocycles. The lowest BCUT2D eigenvalue weighted by Gasteiger charge is -2.35. The van der Waals surface area contributed by atoms with Crippen molar-refractivity contribution >= 4 is 40.7 Å². The van der Waals surface area contributed by atoms with Crippen molar-refractivity contribution < 1.29 is 9.59 Å². The first-order valence-corrected chi connectivity index (χ1v) is 10.0. The molecule has 1 aliphatic rings. The quantitative estimate of drug-likeness (QED) is 0.706. The number of pyridine rings is 1. The SMILES string of the molecule is Cc1ccc(C(=O)N2CC(C)CC(C)C2)cc1NC(=O)c1cc(Cl)nc(Cl)c1. The van der Waals surface area contributed by atoms with Crippen molar-refractivity contribution in [3.8, 4) is 0 Å². The van der Waals surface area contributed by atoms with Crippen molar-refractivity contribution in [2.75, 3.05) is 18.4 Å². The van der Waals surface area contributed by atoms with E-state index in [2.05, 4.69) is 24.1 Å². The second kappa shape index (κ2) is 8.50. The summed E-state index contributed by atoms with van der Waals surface area (Å²) in [7, 11) is 0. The first-order chi connectivity index (χ1) is 13.2. The van der Waals surface area contributed by atoms with Crippen molar-refractivity contribution in [2.45, 2.75) is 27.2 Å². The maximum Gasteiger partial charge on any atom is 0.255 e. The number of rotatable bonds is 3. The van der Waals surface area contributed by atoms with Crippen LogP contribution in [0, 0.1) is 18.8 Å². The van der Waals surface area contributed by atoms with Gasteiger partial charge >= 0.3 is 0 Å². The Bertz CT molecular complexity index is 886. The molecule has 0 saturated carbocycles. The van der Waals surface area contributed by atoms with Crippen LogP contribution < -0.4 is 5.32 Å². The molecule has 1 N–H and O–H groups in total. The van der Waals surface area contributed by atoms with Crippen LogP contribution in [0.3, 0.4) is 0 Å². The average molecular weight is 420 g/mol. The number of piperidine rings is 1. The van der Waals surface area contributed by atoms with Gasteiger partial charge in [-0.05, 0) is 55.0 Å². The van der Waals surface area contributed by atoms with Gasteiger partial charge in [-0.25, -0.2) is 4.98 Å². The first-order valence-electron chi connectivity index (χ1n) is 9.27. The van der Waals surface area contributed by atoms with Gasteiger partial charge in [0.1, 0.15) is 10.3 Å². The number of nitrogens with zero attached hydrogens (tertiary/aromatic N) is 2. The van der Waals surface area contributed by atoms with Crippen molar-refractivity contribution in [1.29, 1.82) is 0 Å². The van der Waals surface area contributed by atoms with Gasteiger partial charge in [0.05, 0.1) is 0 Å². The number of likely N-dealkylation sites (tertiary alicyclic amines) is 1. The van der Waals surface area contributed by atoms with E-state index < -0.39 is 0 Å². The highest BCUT2D eigenvalue weighted by molar-refractivity contribution is 6.33. The Morgan fingerprint density at radius 3 is 2.25 bits per heavy atom. The summed E-state index contributed by atoms with van der Waals surface area (Å²) in [4.78, 5) is 31.3. The molecule has 3 rings (SSSR count). The Hall–Kier alpha value is -2.11. The molecule has 2 amide bonds. The highest BCUT2D eigenvalue weighted by atomic mass is 35.5. The predicted molar refractivity (Wildman–Crippen MR) is 112 cm³/mol. The molecule has 7 heteroatoms. The lowest BCUT2D eigenvalue weighted by molar-refractivity contribution is 0.0623. The van der Waals surface area contributed by atoms with Crippen LogP contribution >= 0.6 is 23.2 Å². The molecule has 1 saturated heterocycles. The Morgan fingerprint density at radius 2 is 1.64 bits per heavy atom. The van der Waals surface area contributed by atoms with E-state index in [1.807, 2.05) is 17.9 Å². The zero-order chi connectivity index (χ0) is 20.4. The topological polar surface area (TPSA) is 62.3 Å². The molecule has 28 heavy (non-hydrogen) atoms. The standard InChI is InChI=1S/C21H23Cl2N3O2/c1-12-6-13(2)11-26(10-12)21(28)15-5-4-14(3)17(7-15)24-20(27)16-8-18(22)25-19(23)9-16/h4-5,7-9,12-13H,6,10-11H2,1-3H3,(H,24,27). The molecule has 0 bridgehead atoms. The molecule has 2 aromatic rings. The summed E-state index contributed by atoms with van der Waals surface area (Å²) in [6.07, 6.45) is 1.13. The third kappa shape index (κ3) is 4.83. The average Bonchev–Trinajstić information content (AvgIpc) is 2.61. The number of nitrogens with one attached hydrogen (secondary N) is 1. The van der Waals surface area contributed by atoms with E-state index in [1.54, 1.807) is 12.1 Å². The third-order valence-corrected chi connectivity index (χ3v) is 5.30. The van der Waals surface area contributed by atoms with Gasteiger partial charge < -0.3 is 10.2 Å². The summed E-state index contributed by atoms with van der Waals surface area (Å²) in [6, 6.07) is 8.26. The molecular weight excluding hydrogens is 397 g/mol. The number of halogens is 2. The molecule has 1 aliphatic heterocycles. The van der Waals surface area contributed by atoms with Gasteiger partial charge in [0.25, 0.3) is 11.8 Å². The van der Waals surface area contributed by atoms with Gasteiger partial charge in [-0.3, -0.25) is 9.59 Å². The molecule has 148 valence electrons. The summed E-state index contributed by atoms with van der Waals surface area (Å²) in [6.45, 7) is 7.73. The van der Waals surface area contributed by atoms with Gasteiger partial charge in [-0.15, -0.1) is 0 Å². The fraction of sp³-hybridized carbons (Fsp3) is 0.381. The van der Waals surface area contributed by atoms with Crippen LogP contribution in [0.25, 0.3) is 0 Å². The Balaban J connectivity index is 1.81. The molecule has 2 heterocycles. The number of aryl methyl sites for hydroxylation is 1. The number of hydrogen-bond acceptors (Lipinski definition) is 3. The molecule has 2 atom stereocenters. The fourth-order valence-electron chi connectivity index (χ4n) is 3.69. The molecule has 5 nitrogen and oxygen atoms in total. The Labute approximate surface area is 175 Å². The Kier molecular flexibility index (Phi) is 6.26. The van der Waals surface area contributed by atoms with Crippen LogP contribution in [0.5, 0.6) is 0 Å². The number of amides is 2. The minimum absolute atomic E-state index is 0.0103. The maximum atomic E-state index is 13.0. The van der Waals surface area contributed by atoms with Crippen LogP contribution in [0.4, 0.5) is 5.69 Å². The first kappa shape index (κ1) is 20.6. The molecule has 2 unspecified atom stereocenters. The van der Waals surface area contributed by atoms with Crippen molar-refractivity contribution in [1.82, 2.24) is 9.88 Å². The van der Waals surface area contributed by atoms with E-state index in [1.165, 1.54) is 12.1 Å². The summed E-state index contributed by atoms with van der Waals surface area (Å²) in [5, 5.41) is 3.13. The summed E-state index contributed by atoms with van der Waals surface area (Å²) in [5.74, 6) is 0.597. The van der Waals surface area contributed by atoms with Crippen LogP contribution in [0.15, 0.2) is 30.3 Å². The predicted octanol–water partition coefficient (Wildman–Crippen LogP) is 5.07.